The molecule has 7 nitrogen and oxygen atoms in total. The highest BCUT2D eigenvalue weighted by atomic mass is 32.2. The van der Waals surface area contributed by atoms with E-state index in [9.17, 15) is 8.42 Å². The minimum absolute atomic E-state index is 0.243. The van der Waals surface area contributed by atoms with E-state index in [0.717, 1.165) is 36.9 Å². The monoisotopic (exact) mass is 332 g/mol. The third-order valence-corrected chi connectivity index (χ3v) is 5.63. The molecule has 1 N–H and O–H groups in total. The number of rotatable bonds is 3. The van der Waals surface area contributed by atoms with E-state index < -0.39 is 10.0 Å². The Bertz CT molecular complexity index is 987. The van der Waals surface area contributed by atoms with Crippen molar-refractivity contribution in [1.29, 1.82) is 0 Å². The molecule has 23 heavy (non-hydrogen) atoms. The summed E-state index contributed by atoms with van der Waals surface area (Å²) in [5.74, 6) is 0. The van der Waals surface area contributed by atoms with Crippen molar-refractivity contribution >= 4 is 26.8 Å². The van der Waals surface area contributed by atoms with Gasteiger partial charge in [-0.3, -0.25) is 9.40 Å². The number of fused-ring (bicyclic) bond motifs is 2. The van der Waals surface area contributed by atoms with Gasteiger partial charge >= 0.3 is 0 Å². The number of hydrogen-bond donors (Lipinski definition) is 1. The van der Waals surface area contributed by atoms with Gasteiger partial charge in [0.2, 0.25) is 0 Å². The second-order valence-corrected chi connectivity index (χ2v) is 7.27. The Hall–Kier alpha value is -2.35. The average molecular weight is 332 g/mol. The number of para-hydroxylation sites is 1. The van der Waals surface area contributed by atoms with Crippen molar-refractivity contribution in [1.82, 2.24) is 14.8 Å². The highest BCUT2D eigenvalue weighted by Crippen LogP contribution is 2.29. The lowest BCUT2D eigenvalue weighted by molar-refractivity contribution is 0.579. The van der Waals surface area contributed by atoms with E-state index in [1.165, 1.54) is 11.1 Å². The van der Waals surface area contributed by atoms with Crippen LogP contribution in [-0.2, 0) is 29.9 Å². The predicted molar refractivity (Wildman–Crippen MR) is 84.7 cm³/mol. The van der Waals surface area contributed by atoms with Gasteiger partial charge in [0, 0.05) is 12.6 Å². The zero-order valence-corrected chi connectivity index (χ0v) is 13.4. The van der Waals surface area contributed by atoms with Crippen LogP contribution in [0.2, 0.25) is 0 Å². The molecule has 8 heteroatoms. The minimum Gasteiger partial charge on any atom is -0.443 e. The highest BCUT2D eigenvalue weighted by molar-refractivity contribution is 7.92. The Morgan fingerprint density at radius 2 is 2.09 bits per heavy atom. The molecule has 0 amide bonds. The third-order valence-electron chi connectivity index (χ3n) is 4.12. The predicted octanol–water partition coefficient (Wildman–Crippen LogP) is 2.24. The Balaban J connectivity index is 1.80. The normalized spacial score (nSPS) is 14.8. The molecular weight excluding hydrogens is 316 g/mol. The molecule has 1 aliphatic rings. The van der Waals surface area contributed by atoms with Gasteiger partial charge in [-0.05, 0) is 37.8 Å². The molecule has 0 unspecified atom stereocenters. The topological polar surface area (TPSA) is 90.0 Å². The van der Waals surface area contributed by atoms with E-state index in [4.69, 9.17) is 4.42 Å². The molecule has 120 valence electrons. The number of aromatic nitrogens is 3. The van der Waals surface area contributed by atoms with Crippen molar-refractivity contribution in [2.24, 2.45) is 7.05 Å². The van der Waals surface area contributed by atoms with Crippen LogP contribution in [0.25, 0.3) is 11.1 Å². The highest BCUT2D eigenvalue weighted by Gasteiger charge is 2.29. The van der Waals surface area contributed by atoms with Gasteiger partial charge in [-0.1, -0.05) is 6.07 Å². The molecule has 0 fully saturated rings. The number of aryl methyl sites for hydroxylation is 2. The van der Waals surface area contributed by atoms with Crippen LogP contribution in [0.15, 0.2) is 34.0 Å². The van der Waals surface area contributed by atoms with Gasteiger partial charge in [-0.25, -0.2) is 4.98 Å². The molecule has 0 radical (unpaired) electrons. The summed E-state index contributed by atoms with van der Waals surface area (Å²) in [4.78, 5) is 4.08. The van der Waals surface area contributed by atoms with Gasteiger partial charge in [0.25, 0.3) is 10.0 Å². The number of nitrogens with zero attached hydrogens (tertiary/aromatic N) is 3. The Labute approximate surface area is 133 Å². The number of anilines is 1. The summed E-state index contributed by atoms with van der Waals surface area (Å²) in [6, 6.07) is 5.14. The van der Waals surface area contributed by atoms with Crippen molar-refractivity contribution in [2.75, 3.05) is 4.72 Å². The maximum atomic E-state index is 12.9. The van der Waals surface area contributed by atoms with Gasteiger partial charge in [-0.15, -0.1) is 0 Å². The number of benzene rings is 1. The number of nitrogens with one attached hydrogen (secondary N) is 1. The fourth-order valence-electron chi connectivity index (χ4n) is 3.15. The maximum absolute atomic E-state index is 12.9. The van der Waals surface area contributed by atoms with Gasteiger partial charge < -0.3 is 4.42 Å². The van der Waals surface area contributed by atoms with Crippen LogP contribution in [0.1, 0.15) is 24.1 Å². The van der Waals surface area contributed by atoms with E-state index in [-0.39, 0.29) is 5.03 Å². The van der Waals surface area contributed by atoms with Crippen molar-refractivity contribution in [3.8, 4) is 0 Å². The summed E-state index contributed by atoms with van der Waals surface area (Å²) in [6.45, 7) is 0. The summed E-state index contributed by atoms with van der Waals surface area (Å²) < 4.78 is 35.1. The standard InChI is InChI=1S/C15H16N4O3S/c1-19-15(10-5-2-3-6-11(10)17-19)23(20,21)18-12-7-4-8-13-14(12)16-9-22-13/h4,7-9,18H,2-3,5-6H2,1H3. The summed E-state index contributed by atoms with van der Waals surface area (Å²) in [5, 5.41) is 4.62. The van der Waals surface area contributed by atoms with Crippen molar-refractivity contribution in [3.05, 3.63) is 35.9 Å². The van der Waals surface area contributed by atoms with Crippen molar-refractivity contribution in [2.45, 2.75) is 30.7 Å². The first-order valence-electron chi connectivity index (χ1n) is 7.46. The fraction of sp³-hybridized carbons (Fsp3) is 0.333. The molecule has 0 atom stereocenters. The zero-order valence-electron chi connectivity index (χ0n) is 12.6. The Kier molecular flexibility index (Phi) is 3.15. The Morgan fingerprint density at radius 3 is 2.96 bits per heavy atom. The molecule has 2 heterocycles. The molecule has 2 aromatic heterocycles. The van der Waals surface area contributed by atoms with Gasteiger partial charge in [0.05, 0.1) is 11.4 Å². The van der Waals surface area contributed by atoms with Crippen LogP contribution in [0.4, 0.5) is 5.69 Å². The van der Waals surface area contributed by atoms with Crippen molar-refractivity contribution in [3.63, 3.8) is 0 Å². The van der Waals surface area contributed by atoms with Gasteiger partial charge in [0.1, 0.15) is 5.52 Å². The van der Waals surface area contributed by atoms with Gasteiger partial charge in [-0.2, -0.15) is 13.5 Å². The molecular formula is C15H16N4O3S. The van der Waals surface area contributed by atoms with E-state index in [1.54, 1.807) is 25.2 Å². The molecule has 0 saturated heterocycles. The van der Waals surface area contributed by atoms with Crippen LogP contribution in [-0.4, -0.2) is 23.2 Å². The Morgan fingerprint density at radius 1 is 1.26 bits per heavy atom. The summed E-state index contributed by atoms with van der Waals surface area (Å²) in [5.41, 5.74) is 3.16. The van der Waals surface area contributed by atoms with Crippen LogP contribution >= 0.6 is 0 Å². The van der Waals surface area contributed by atoms with Crippen molar-refractivity contribution < 1.29 is 12.8 Å². The molecule has 0 bridgehead atoms. The summed E-state index contributed by atoms with van der Waals surface area (Å²) >= 11 is 0. The molecule has 0 aliphatic heterocycles. The largest absolute Gasteiger partial charge is 0.443 e. The minimum atomic E-state index is -3.74. The first-order valence-corrected chi connectivity index (χ1v) is 8.94. The molecule has 1 aromatic carbocycles. The number of hydrogen-bond acceptors (Lipinski definition) is 5. The lowest BCUT2D eigenvalue weighted by Crippen LogP contribution is -2.19. The van der Waals surface area contributed by atoms with Crippen LogP contribution < -0.4 is 4.72 Å². The number of oxazole rings is 1. The fourth-order valence-corrected chi connectivity index (χ4v) is 4.63. The van der Waals surface area contributed by atoms with E-state index in [0.29, 0.717) is 16.8 Å². The average Bonchev–Trinajstić information content (AvgIpc) is 3.10. The van der Waals surface area contributed by atoms with Crippen LogP contribution in [0.5, 0.6) is 0 Å². The van der Waals surface area contributed by atoms with E-state index >= 15 is 0 Å². The lowest BCUT2D eigenvalue weighted by atomic mass is 9.99. The second-order valence-electron chi connectivity index (χ2n) is 5.67. The van der Waals surface area contributed by atoms with E-state index in [2.05, 4.69) is 14.8 Å². The molecule has 4 rings (SSSR count). The first-order chi connectivity index (χ1) is 11.1. The molecule has 1 aliphatic carbocycles. The molecule has 0 spiro atoms. The quantitative estimate of drug-likeness (QED) is 0.794. The third kappa shape index (κ3) is 2.29. The summed E-state index contributed by atoms with van der Waals surface area (Å²) in [7, 11) is -2.07. The van der Waals surface area contributed by atoms with Crippen LogP contribution in [0.3, 0.4) is 0 Å². The molecule has 3 aromatic rings. The summed E-state index contributed by atoms with van der Waals surface area (Å²) in [6.07, 6.45) is 4.91. The second kappa shape index (κ2) is 5.09. The van der Waals surface area contributed by atoms with Gasteiger partial charge in [0.15, 0.2) is 17.0 Å². The zero-order chi connectivity index (χ0) is 16.0. The smallest absolute Gasteiger partial charge is 0.279 e. The van der Waals surface area contributed by atoms with Crippen LogP contribution in [0, 0.1) is 0 Å². The molecule has 0 saturated carbocycles. The number of sulfonamides is 1. The SMILES string of the molecule is Cn1nc2c(c1S(=O)(=O)Nc1cccc3ocnc13)CCCC2. The first kappa shape index (κ1) is 14.3. The maximum Gasteiger partial charge on any atom is 0.279 e. The van der Waals surface area contributed by atoms with E-state index in [1.807, 2.05) is 0 Å². The lowest BCUT2D eigenvalue weighted by Gasteiger charge is -2.13.